The Morgan fingerprint density at radius 1 is 0.600 bits per heavy atom. The summed E-state index contributed by atoms with van der Waals surface area (Å²) in [6.07, 6.45) is 5.52. The predicted octanol–water partition coefficient (Wildman–Crippen LogP) is 1.90. The summed E-state index contributed by atoms with van der Waals surface area (Å²) in [7, 11) is 5.07. The van der Waals surface area contributed by atoms with Crippen LogP contribution in [0.25, 0.3) is 0 Å². The highest BCUT2D eigenvalue weighted by Gasteiger charge is 2.69. The summed E-state index contributed by atoms with van der Waals surface area (Å²) in [6, 6.07) is 0. The van der Waals surface area contributed by atoms with Gasteiger partial charge in [-0.25, -0.2) is 0 Å². The molecule has 0 aromatic heterocycles. The van der Waals surface area contributed by atoms with E-state index in [0.717, 1.165) is 0 Å². The minimum atomic E-state index is 1.32. The number of rotatable bonds is 6. The Labute approximate surface area is 125 Å². The van der Waals surface area contributed by atoms with Crippen molar-refractivity contribution in [3.63, 3.8) is 0 Å². The van der Waals surface area contributed by atoms with Crippen molar-refractivity contribution in [1.82, 2.24) is 0 Å². The molecule has 4 fully saturated rings. The highest BCUT2D eigenvalue weighted by Crippen LogP contribution is 2.41. The third-order valence-electron chi connectivity index (χ3n) is 5.82. The summed E-state index contributed by atoms with van der Waals surface area (Å²) in [4.78, 5) is 0. The maximum Gasteiger partial charge on any atom is 0.225 e. The van der Waals surface area contributed by atoms with Crippen LogP contribution in [0.4, 0.5) is 0 Å². The lowest BCUT2D eigenvalue weighted by molar-refractivity contribution is -1.42. The van der Waals surface area contributed by atoms with E-state index in [9.17, 15) is 0 Å². The Kier molecular flexibility index (Phi) is 3.45. The maximum absolute atomic E-state index is 2.53. The van der Waals surface area contributed by atoms with Crippen LogP contribution < -0.4 is 0 Å². The summed E-state index contributed by atoms with van der Waals surface area (Å²) >= 11 is 0. The van der Waals surface area contributed by atoms with Crippen molar-refractivity contribution in [3.05, 3.63) is 0 Å². The van der Waals surface area contributed by atoms with Crippen molar-refractivity contribution in [1.29, 1.82) is 0 Å². The van der Waals surface area contributed by atoms with Crippen molar-refractivity contribution >= 4 is 0 Å². The van der Waals surface area contributed by atoms with Gasteiger partial charge < -0.3 is 0 Å². The van der Waals surface area contributed by atoms with Crippen molar-refractivity contribution in [2.24, 2.45) is 0 Å². The molecule has 0 radical (unpaired) electrons. The lowest BCUT2D eigenvalue weighted by Crippen LogP contribution is -2.93. The summed E-state index contributed by atoms with van der Waals surface area (Å²) in [5, 5.41) is 0. The molecule has 116 valence electrons. The molecule has 4 nitrogen and oxygen atoms in total. The van der Waals surface area contributed by atoms with E-state index in [1.54, 1.807) is 0 Å². The lowest BCUT2D eigenvalue weighted by atomic mass is 10.1. The zero-order valence-electron chi connectivity index (χ0n) is 14.3. The van der Waals surface area contributed by atoms with Crippen molar-refractivity contribution in [3.8, 4) is 0 Å². The van der Waals surface area contributed by atoms with E-state index in [-0.39, 0.29) is 0 Å². The van der Waals surface area contributed by atoms with Crippen LogP contribution in [0.2, 0.25) is 0 Å². The van der Waals surface area contributed by atoms with Crippen LogP contribution >= 0.6 is 0 Å². The summed E-state index contributed by atoms with van der Waals surface area (Å²) < 4.78 is 5.46. The third-order valence-corrected chi connectivity index (χ3v) is 5.82. The number of hydrogen-bond donors (Lipinski definition) is 0. The fraction of sp³-hybridized carbons (Fsp3) is 1.00. The van der Waals surface area contributed by atoms with E-state index in [1.165, 1.54) is 96.7 Å². The molecule has 4 aliphatic heterocycles. The number of unbranched alkanes of at least 4 members (excludes halogenated alkanes) is 2. The van der Waals surface area contributed by atoms with Gasteiger partial charge in [-0.1, -0.05) is 26.7 Å². The standard InChI is InChI=1S/C16H36N4/c1-5-7-9-19-12-17(3)11-18(4,13-19)15-20(14-17,16-19)10-8-6-2/h5-16H2,1-4H3/q+4. The van der Waals surface area contributed by atoms with Gasteiger partial charge in [-0.3, -0.25) is 0 Å². The summed E-state index contributed by atoms with van der Waals surface area (Å²) in [5.41, 5.74) is 0. The molecular weight excluding hydrogens is 248 g/mol. The topological polar surface area (TPSA) is 0 Å². The van der Waals surface area contributed by atoms with Crippen LogP contribution in [0.15, 0.2) is 0 Å². The average Bonchev–Trinajstić information content (AvgIpc) is 2.29. The van der Waals surface area contributed by atoms with E-state index in [1.807, 2.05) is 0 Å². The monoisotopic (exact) mass is 284 g/mol. The van der Waals surface area contributed by atoms with Gasteiger partial charge in [-0.05, 0) is 12.8 Å². The number of hydrogen-bond acceptors (Lipinski definition) is 0. The molecule has 4 heterocycles. The smallest absolute Gasteiger partial charge is 0.187 e. The first kappa shape index (κ1) is 14.8. The molecule has 4 aliphatic rings. The molecule has 0 saturated carbocycles. The van der Waals surface area contributed by atoms with Crippen LogP contribution in [0, 0.1) is 0 Å². The van der Waals surface area contributed by atoms with Gasteiger partial charge in [0.25, 0.3) is 0 Å². The zero-order valence-corrected chi connectivity index (χ0v) is 14.3. The number of quaternary nitrogens is 4. The van der Waals surface area contributed by atoms with Gasteiger partial charge in [-0.15, -0.1) is 0 Å². The normalized spacial score (nSPS) is 49.8. The van der Waals surface area contributed by atoms with Gasteiger partial charge in [0, 0.05) is 0 Å². The molecule has 4 bridgehead atoms. The molecular formula is C16H36N4+4. The van der Waals surface area contributed by atoms with E-state index in [2.05, 4.69) is 27.9 Å². The Hall–Kier alpha value is -0.160. The van der Waals surface area contributed by atoms with Crippen LogP contribution in [-0.2, 0) is 0 Å². The second kappa shape index (κ2) is 4.67. The predicted molar refractivity (Wildman–Crippen MR) is 81.6 cm³/mol. The van der Waals surface area contributed by atoms with E-state index >= 15 is 0 Å². The Morgan fingerprint density at radius 3 is 1.35 bits per heavy atom. The molecule has 20 heavy (non-hydrogen) atoms. The SMILES string of the molecule is CCCC[N+]12C[N+]3(C)C[N+](C)(C1)C[N+](CCCC)(C3)C2. The first-order chi connectivity index (χ1) is 9.36. The highest BCUT2D eigenvalue weighted by atomic mass is 15.9. The summed E-state index contributed by atoms with van der Waals surface area (Å²) in [6.45, 7) is 16.0. The molecule has 4 heteroatoms. The van der Waals surface area contributed by atoms with Crippen molar-refractivity contribution in [2.75, 3.05) is 67.2 Å². The highest BCUT2D eigenvalue weighted by molar-refractivity contribution is 4.52. The van der Waals surface area contributed by atoms with Crippen LogP contribution in [0.3, 0.4) is 0 Å². The maximum atomic E-state index is 2.53. The molecule has 0 N–H and O–H groups in total. The quantitative estimate of drug-likeness (QED) is 0.654. The van der Waals surface area contributed by atoms with Crippen molar-refractivity contribution < 1.29 is 17.9 Å². The summed E-state index contributed by atoms with van der Waals surface area (Å²) in [5.74, 6) is 0. The second-order valence-corrected chi connectivity index (χ2v) is 8.93. The van der Waals surface area contributed by atoms with Crippen LogP contribution in [0.1, 0.15) is 39.5 Å². The van der Waals surface area contributed by atoms with Gasteiger partial charge in [0.2, 0.25) is 40.0 Å². The van der Waals surface area contributed by atoms with Crippen LogP contribution in [-0.4, -0.2) is 85.1 Å². The lowest BCUT2D eigenvalue weighted by Gasteiger charge is -2.66. The largest absolute Gasteiger partial charge is 0.225 e. The van der Waals surface area contributed by atoms with Gasteiger partial charge in [0.15, 0.2) is 0 Å². The van der Waals surface area contributed by atoms with Crippen LogP contribution in [0.5, 0.6) is 0 Å². The molecule has 0 aliphatic carbocycles. The van der Waals surface area contributed by atoms with Gasteiger partial charge in [-0.2, -0.15) is 17.9 Å². The average molecular weight is 284 g/mol. The van der Waals surface area contributed by atoms with E-state index < -0.39 is 0 Å². The first-order valence-electron chi connectivity index (χ1n) is 8.74. The zero-order chi connectivity index (χ0) is 14.5. The first-order valence-corrected chi connectivity index (χ1v) is 8.74. The van der Waals surface area contributed by atoms with Crippen molar-refractivity contribution in [2.45, 2.75) is 39.5 Å². The minimum Gasteiger partial charge on any atom is -0.187 e. The molecule has 0 unspecified atom stereocenters. The minimum absolute atomic E-state index is 1.32. The molecule has 4 saturated heterocycles. The molecule has 4 rings (SSSR count). The Bertz CT molecular complexity index is 333. The van der Waals surface area contributed by atoms with Gasteiger partial charge in [0.05, 0.1) is 27.2 Å². The Morgan fingerprint density at radius 2 is 1.00 bits per heavy atom. The fourth-order valence-electron chi connectivity index (χ4n) is 6.31. The Balaban J connectivity index is 1.88. The molecule has 0 aromatic rings. The molecule has 0 atom stereocenters. The second-order valence-electron chi connectivity index (χ2n) is 8.93. The van der Waals surface area contributed by atoms with Gasteiger partial charge in [0.1, 0.15) is 0 Å². The molecule has 0 spiro atoms. The van der Waals surface area contributed by atoms with Gasteiger partial charge >= 0.3 is 0 Å². The van der Waals surface area contributed by atoms with E-state index in [4.69, 9.17) is 0 Å². The van der Waals surface area contributed by atoms with E-state index in [0.29, 0.717) is 0 Å². The number of nitrogens with zero attached hydrogens (tertiary/aromatic N) is 4. The third kappa shape index (κ3) is 2.41. The molecule has 0 amide bonds. The fourth-order valence-corrected chi connectivity index (χ4v) is 6.31. The molecule has 0 aromatic carbocycles.